The molecular weight excluding hydrogens is 669 g/mol. The molecule has 2 aliphatic carbocycles. The van der Waals surface area contributed by atoms with Crippen LogP contribution in [0.3, 0.4) is 0 Å². The van der Waals surface area contributed by atoms with Crippen LogP contribution in [0, 0.1) is 0 Å². The van der Waals surface area contributed by atoms with Crippen LogP contribution in [0.4, 0.5) is 34.1 Å². The minimum atomic E-state index is -0.428. The summed E-state index contributed by atoms with van der Waals surface area (Å²) < 4.78 is 0. The zero-order valence-electron chi connectivity index (χ0n) is 32.5. The first-order chi connectivity index (χ1) is 26.5. The summed E-state index contributed by atoms with van der Waals surface area (Å²) in [6.45, 7) is 13.9. The Morgan fingerprint density at radius 2 is 0.655 bits per heavy atom. The second kappa shape index (κ2) is 12.7. The third-order valence-corrected chi connectivity index (χ3v) is 12.3. The molecule has 3 nitrogen and oxygen atoms in total. The summed E-state index contributed by atoms with van der Waals surface area (Å²) in [5.41, 5.74) is 14.3. The third-order valence-electron chi connectivity index (χ3n) is 12.3. The van der Waals surface area contributed by atoms with Crippen molar-refractivity contribution in [3.63, 3.8) is 0 Å². The standard InChI is InChI=1S/C52H46N2O/c1-50(2)43-30-28-40(54(37-23-15-9-16-24-37)38-25-17-10-18-26-38)32-46(43)52(5,6)48-34-45-42(33-47(48)50)49(55)41-29-27-39(31-44(41)51(45,3)4)53(35-19-11-7-12-20-35)36-21-13-8-14-22-36/h7-34H,1-6H3. The van der Waals surface area contributed by atoms with Gasteiger partial charge in [-0.05, 0) is 118 Å². The van der Waals surface area contributed by atoms with E-state index in [0.29, 0.717) is 0 Å². The highest BCUT2D eigenvalue weighted by atomic mass is 16.1. The Labute approximate surface area is 325 Å². The van der Waals surface area contributed by atoms with E-state index >= 15 is 0 Å². The molecule has 0 amide bonds. The molecule has 55 heavy (non-hydrogen) atoms. The Morgan fingerprint density at radius 1 is 0.309 bits per heavy atom. The predicted molar refractivity (Wildman–Crippen MR) is 229 cm³/mol. The van der Waals surface area contributed by atoms with Crippen LogP contribution in [0.25, 0.3) is 0 Å². The lowest BCUT2D eigenvalue weighted by molar-refractivity contribution is 0.103. The molecule has 0 atom stereocenters. The molecule has 7 aromatic carbocycles. The molecular formula is C52H46N2O. The van der Waals surface area contributed by atoms with Gasteiger partial charge >= 0.3 is 0 Å². The zero-order chi connectivity index (χ0) is 38.1. The van der Waals surface area contributed by atoms with Gasteiger partial charge in [0.1, 0.15) is 0 Å². The monoisotopic (exact) mass is 714 g/mol. The molecule has 2 aliphatic rings. The normalized spacial score (nSPS) is 15.6. The number of nitrogens with zero attached hydrogens (tertiary/aromatic N) is 2. The second-order valence-electron chi connectivity index (χ2n) is 16.6. The Kier molecular flexibility index (Phi) is 7.98. The number of hydrogen-bond acceptors (Lipinski definition) is 3. The summed E-state index contributed by atoms with van der Waals surface area (Å²) >= 11 is 0. The molecule has 0 fully saturated rings. The smallest absolute Gasteiger partial charge is 0.193 e. The van der Waals surface area contributed by atoms with Crippen molar-refractivity contribution in [2.24, 2.45) is 0 Å². The molecule has 0 saturated heterocycles. The lowest BCUT2D eigenvalue weighted by Crippen LogP contribution is -2.39. The van der Waals surface area contributed by atoms with Gasteiger partial charge in [0.05, 0.1) is 0 Å². The summed E-state index contributed by atoms with van der Waals surface area (Å²) in [5.74, 6) is 0.0979. The van der Waals surface area contributed by atoms with Gasteiger partial charge in [0, 0.05) is 61.5 Å². The fourth-order valence-electron chi connectivity index (χ4n) is 9.24. The van der Waals surface area contributed by atoms with Gasteiger partial charge in [-0.25, -0.2) is 0 Å². The van der Waals surface area contributed by atoms with E-state index in [9.17, 15) is 4.79 Å². The molecule has 7 aromatic rings. The first-order valence-corrected chi connectivity index (χ1v) is 19.3. The van der Waals surface area contributed by atoms with Gasteiger partial charge in [-0.2, -0.15) is 0 Å². The average molecular weight is 715 g/mol. The predicted octanol–water partition coefficient (Wildman–Crippen LogP) is 13.5. The lowest BCUT2D eigenvalue weighted by atomic mass is 9.57. The number of anilines is 6. The van der Waals surface area contributed by atoms with Crippen LogP contribution in [-0.2, 0) is 16.2 Å². The Morgan fingerprint density at radius 3 is 1.13 bits per heavy atom. The third kappa shape index (κ3) is 5.44. The quantitative estimate of drug-likeness (QED) is 0.171. The molecule has 0 unspecified atom stereocenters. The molecule has 0 bridgehead atoms. The zero-order valence-corrected chi connectivity index (χ0v) is 32.5. The number of benzene rings is 7. The van der Waals surface area contributed by atoms with Crippen LogP contribution in [-0.4, -0.2) is 5.78 Å². The highest BCUT2D eigenvalue weighted by molar-refractivity contribution is 6.14. The van der Waals surface area contributed by atoms with Crippen LogP contribution in [0.15, 0.2) is 170 Å². The summed E-state index contributed by atoms with van der Waals surface area (Å²) in [6.07, 6.45) is 0. The minimum Gasteiger partial charge on any atom is -0.310 e. The molecule has 0 aromatic heterocycles. The summed E-state index contributed by atoms with van der Waals surface area (Å²) in [7, 11) is 0. The second-order valence-corrected chi connectivity index (χ2v) is 16.6. The van der Waals surface area contributed by atoms with Gasteiger partial charge in [-0.15, -0.1) is 0 Å². The summed E-state index contributed by atoms with van der Waals surface area (Å²) in [5, 5.41) is 0. The number of hydrogen-bond donors (Lipinski definition) is 0. The largest absolute Gasteiger partial charge is 0.310 e. The highest BCUT2D eigenvalue weighted by Gasteiger charge is 2.46. The first-order valence-electron chi connectivity index (χ1n) is 19.3. The number of rotatable bonds is 6. The maximum Gasteiger partial charge on any atom is 0.193 e. The molecule has 0 saturated carbocycles. The Hall–Kier alpha value is -6.19. The van der Waals surface area contributed by atoms with E-state index in [1.54, 1.807) is 0 Å². The van der Waals surface area contributed by atoms with Gasteiger partial charge in [-0.1, -0.05) is 126 Å². The maximum atomic E-state index is 14.7. The molecule has 0 spiro atoms. The lowest BCUT2D eigenvalue weighted by Gasteiger charge is -2.46. The van der Waals surface area contributed by atoms with E-state index in [-0.39, 0.29) is 16.6 Å². The molecule has 3 heteroatoms. The van der Waals surface area contributed by atoms with Gasteiger partial charge < -0.3 is 9.80 Å². The number of carbonyl (C=O) groups excluding carboxylic acids is 1. The molecule has 0 N–H and O–H groups in total. The number of fused-ring (bicyclic) bond motifs is 4. The van der Waals surface area contributed by atoms with Crippen LogP contribution >= 0.6 is 0 Å². The van der Waals surface area contributed by atoms with E-state index in [1.165, 1.54) is 22.3 Å². The highest BCUT2D eigenvalue weighted by Crippen LogP contribution is 2.54. The van der Waals surface area contributed by atoms with E-state index in [2.05, 4.69) is 203 Å². The van der Waals surface area contributed by atoms with Crippen molar-refractivity contribution in [1.82, 2.24) is 0 Å². The fraction of sp³-hybridized carbons (Fsp3) is 0.173. The van der Waals surface area contributed by atoms with Crippen molar-refractivity contribution in [2.45, 2.75) is 57.8 Å². The van der Waals surface area contributed by atoms with Crippen molar-refractivity contribution in [2.75, 3.05) is 9.80 Å². The van der Waals surface area contributed by atoms with Crippen LogP contribution in [0.2, 0.25) is 0 Å². The maximum absolute atomic E-state index is 14.7. The molecule has 0 heterocycles. The van der Waals surface area contributed by atoms with Gasteiger partial charge in [0.25, 0.3) is 0 Å². The molecule has 0 aliphatic heterocycles. The van der Waals surface area contributed by atoms with Gasteiger partial charge in [0.15, 0.2) is 5.78 Å². The van der Waals surface area contributed by atoms with E-state index < -0.39 is 5.41 Å². The van der Waals surface area contributed by atoms with Gasteiger partial charge in [-0.3, -0.25) is 4.79 Å². The SMILES string of the molecule is CC1(C)c2cc(N(c3ccccc3)c3ccccc3)ccc2C(=O)c2cc3c(cc21)C(C)(C)c1cc(N(c2ccccc2)c2ccccc2)ccc1C3(C)C. The molecule has 270 valence electrons. The Balaban J connectivity index is 1.18. The van der Waals surface area contributed by atoms with Crippen molar-refractivity contribution >= 4 is 39.9 Å². The van der Waals surface area contributed by atoms with Crippen molar-refractivity contribution in [1.29, 1.82) is 0 Å². The van der Waals surface area contributed by atoms with E-state index in [4.69, 9.17) is 0 Å². The molecule has 0 radical (unpaired) electrons. The number of carbonyl (C=O) groups is 1. The molecule has 9 rings (SSSR count). The summed E-state index contributed by atoms with van der Waals surface area (Å²) in [4.78, 5) is 19.3. The summed E-state index contributed by atoms with van der Waals surface area (Å²) in [6, 6.07) is 60.1. The van der Waals surface area contributed by atoms with E-state index in [1.807, 2.05) is 18.2 Å². The van der Waals surface area contributed by atoms with Crippen molar-refractivity contribution in [3.05, 3.63) is 214 Å². The topological polar surface area (TPSA) is 23.6 Å². The van der Waals surface area contributed by atoms with E-state index in [0.717, 1.165) is 56.4 Å². The average Bonchev–Trinajstić information content (AvgIpc) is 3.21. The van der Waals surface area contributed by atoms with Crippen molar-refractivity contribution in [3.8, 4) is 0 Å². The number of ketones is 1. The van der Waals surface area contributed by atoms with Crippen LogP contribution < -0.4 is 9.80 Å². The van der Waals surface area contributed by atoms with Gasteiger partial charge in [0.2, 0.25) is 0 Å². The minimum absolute atomic E-state index is 0.0979. The van der Waals surface area contributed by atoms with Crippen molar-refractivity contribution < 1.29 is 4.79 Å². The van der Waals surface area contributed by atoms with Crippen LogP contribution in [0.1, 0.15) is 90.8 Å². The Bertz CT molecular complexity index is 2490. The first kappa shape index (κ1) is 34.6. The van der Waals surface area contributed by atoms with Crippen LogP contribution in [0.5, 0.6) is 0 Å². The fourth-order valence-corrected chi connectivity index (χ4v) is 9.24. The number of para-hydroxylation sites is 4.